The van der Waals surface area contributed by atoms with E-state index in [2.05, 4.69) is 83.2 Å². The Bertz CT molecular complexity index is 1390. The second-order valence-electron chi connectivity index (χ2n) is 13.6. The van der Waals surface area contributed by atoms with Gasteiger partial charge in [0.1, 0.15) is 5.78 Å². The van der Waals surface area contributed by atoms with Crippen LogP contribution in [0.4, 0.5) is 0 Å². The van der Waals surface area contributed by atoms with E-state index in [0.717, 1.165) is 33.4 Å². The maximum Gasteiger partial charge on any atom is 0.156 e. The molecule has 0 aromatic rings. The summed E-state index contributed by atoms with van der Waals surface area (Å²) in [6.45, 7) is 20.3. The summed E-state index contributed by atoms with van der Waals surface area (Å²) in [5.74, 6) is 0.316. The molecule has 2 rings (SSSR count). The van der Waals surface area contributed by atoms with Crippen molar-refractivity contribution < 1.29 is 14.7 Å². The van der Waals surface area contributed by atoms with E-state index in [9.17, 15) is 14.7 Å². The molecule has 1 fully saturated rings. The number of carbonyl (C=O) groups is 2. The van der Waals surface area contributed by atoms with Crippen molar-refractivity contribution in [2.75, 3.05) is 0 Å². The first kappa shape index (κ1) is 35.6. The van der Waals surface area contributed by atoms with Gasteiger partial charge < -0.3 is 5.11 Å². The van der Waals surface area contributed by atoms with Gasteiger partial charge in [0.25, 0.3) is 0 Å². The third-order valence-corrected chi connectivity index (χ3v) is 7.93. The van der Waals surface area contributed by atoms with Crippen LogP contribution < -0.4 is 0 Å². The summed E-state index contributed by atoms with van der Waals surface area (Å²) in [6.07, 6.45) is 31.8. The molecule has 0 spiro atoms. The zero-order chi connectivity index (χ0) is 32.4. The van der Waals surface area contributed by atoms with Crippen LogP contribution in [0.15, 0.2) is 130 Å². The van der Waals surface area contributed by atoms with E-state index in [1.54, 1.807) is 13.0 Å². The van der Waals surface area contributed by atoms with Crippen LogP contribution in [0.5, 0.6) is 0 Å². The zero-order valence-electron chi connectivity index (χ0n) is 28.0. The molecule has 2 aliphatic rings. The van der Waals surface area contributed by atoms with Crippen molar-refractivity contribution in [3.63, 3.8) is 0 Å². The maximum absolute atomic E-state index is 12.0. The molecular formula is C40H52O3. The molecule has 0 amide bonds. The van der Waals surface area contributed by atoms with Crippen LogP contribution in [0.2, 0.25) is 0 Å². The number of ketones is 2. The van der Waals surface area contributed by atoms with Gasteiger partial charge >= 0.3 is 0 Å². The molecule has 0 aromatic carbocycles. The Labute approximate surface area is 260 Å². The van der Waals surface area contributed by atoms with Gasteiger partial charge in [0.05, 0.1) is 5.60 Å². The lowest BCUT2D eigenvalue weighted by atomic mass is 9.65. The normalized spacial score (nSPS) is 26.3. The van der Waals surface area contributed by atoms with E-state index >= 15 is 0 Å². The molecule has 43 heavy (non-hydrogen) atoms. The van der Waals surface area contributed by atoms with Crippen LogP contribution in [0.1, 0.15) is 88.5 Å². The van der Waals surface area contributed by atoms with E-state index in [-0.39, 0.29) is 28.8 Å². The Morgan fingerprint density at radius 1 is 0.651 bits per heavy atom. The van der Waals surface area contributed by atoms with Crippen molar-refractivity contribution in [2.24, 2.45) is 10.8 Å². The predicted molar refractivity (Wildman–Crippen MR) is 184 cm³/mol. The first-order valence-corrected chi connectivity index (χ1v) is 15.2. The second-order valence-corrected chi connectivity index (χ2v) is 13.6. The fourth-order valence-electron chi connectivity index (χ4n) is 5.83. The summed E-state index contributed by atoms with van der Waals surface area (Å²) in [6, 6.07) is 0. The summed E-state index contributed by atoms with van der Waals surface area (Å²) in [7, 11) is 0. The summed E-state index contributed by atoms with van der Waals surface area (Å²) < 4.78 is 0. The molecule has 1 unspecified atom stereocenters. The monoisotopic (exact) mass is 580 g/mol. The van der Waals surface area contributed by atoms with Gasteiger partial charge in [-0.1, -0.05) is 135 Å². The van der Waals surface area contributed by atoms with Gasteiger partial charge in [0.15, 0.2) is 5.78 Å². The molecule has 2 aliphatic carbocycles. The molecule has 0 aliphatic heterocycles. The highest BCUT2D eigenvalue weighted by atomic mass is 16.3. The Balaban J connectivity index is 1.94. The number of carbonyl (C=O) groups excluding carboxylic acids is 2. The van der Waals surface area contributed by atoms with Crippen LogP contribution in [0, 0.1) is 10.8 Å². The SMILES string of the molecule is CC(C=CC=CC(C)=C/C=C/C(C)=C/C=C1/C(C)(C)CC(=O)CC1(C)O)=CC=CC(C)=CC=C1C(C)=CC(=O)CC1(C)C. The van der Waals surface area contributed by atoms with Gasteiger partial charge in [0, 0.05) is 19.3 Å². The number of aliphatic hydroxyl groups is 1. The van der Waals surface area contributed by atoms with Gasteiger partial charge in [-0.15, -0.1) is 0 Å². The van der Waals surface area contributed by atoms with E-state index in [1.165, 1.54) is 5.57 Å². The number of hydrogen-bond donors (Lipinski definition) is 1. The number of hydrogen-bond acceptors (Lipinski definition) is 3. The average molecular weight is 581 g/mol. The highest BCUT2D eigenvalue weighted by molar-refractivity contribution is 5.93. The van der Waals surface area contributed by atoms with Crippen molar-refractivity contribution >= 4 is 11.6 Å². The number of Topliss-reactive ketones (excluding diaryl/α,β-unsaturated/α-hetero) is 1. The molecule has 0 bridgehead atoms. The van der Waals surface area contributed by atoms with Gasteiger partial charge in [-0.3, -0.25) is 9.59 Å². The lowest BCUT2D eigenvalue weighted by Crippen LogP contribution is -2.43. The molecule has 1 N–H and O–H groups in total. The molecule has 0 heterocycles. The van der Waals surface area contributed by atoms with Crippen molar-refractivity contribution in [3.05, 3.63) is 130 Å². The summed E-state index contributed by atoms with van der Waals surface area (Å²) >= 11 is 0. The summed E-state index contributed by atoms with van der Waals surface area (Å²) in [4.78, 5) is 23.9. The first-order chi connectivity index (χ1) is 19.9. The van der Waals surface area contributed by atoms with Crippen LogP contribution in [0.3, 0.4) is 0 Å². The molecule has 1 saturated carbocycles. The van der Waals surface area contributed by atoms with Gasteiger partial charge in [-0.2, -0.15) is 0 Å². The fourth-order valence-corrected chi connectivity index (χ4v) is 5.83. The molecule has 1 atom stereocenters. The van der Waals surface area contributed by atoms with E-state index < -0.39 is 5.60 Å². The van der Waals surface area contributed by atoms with E-state index in [1.807, 2.05) is 64.2 Å². The average Bonchev–Trinajstić information content (AvgIpc) is 2.83. The standard InChI is InChI=1S/C40H52O3/c1-29(17-13-19-31(3)21-23-36-33(5)25-34(41)26-38(36,6)7)15-11-12-16-30(2)18-14-20-32(4)22-24-37-39(8,9)27-35(42)28-40(37,10)43/h11-25,43H,26-28H2,1-10H3/b15-11?,16-12?,19-13?,20-14+,29-17?,30-18?,31-21?,32-22+,36-23?,37-24-. The summed E-state index contributed by atoms with van der Waals surface area (Å²) in [5.41, 5.74) is 6.11. The number of allylic oxidation sites excluding steroid dienone is 21. The predicted octanol–water partition coefficient (Wildman–Crippen LogP) is 9.93. The van der Waals surface area contributed by atoms with Crippen molar-refractivity contribution in [1.82, 2.24) is 0 Å². The third kappa shape index (κ3) is 11.6. The lowest BCUT2D eigenvalue weighted by molar-refractivity contribution is -0.127. The van der Waals surface area contributed by atoms with Crippen LogP contribution in [0.25, 0.3) is 0 Å². The quantitative estimate of drug-likeness (QED) is 0.276. The Kier molecular flexibility index (Phi) is 12.6. The topological polar surface area (TPSA) is 54.4 Å². The molecule has 230 valence electrons. The smallest absolute Gasteiger partial charge is 0.156 e. The molecule has 3 nitrogen and oxygen atoms in total. The highest BCUT2D eigenvalue weighted by Gasteiger charge is 2.43. The van der Waals surface area contributed by atoms with Crippen LogP contribution >= 0.6 is 0 Å². The molecule has 3 heteroatoms. The molecule has 0 radical (unpaired) electrons. The molecular weight excluding hydrogens is 528 g/mol. The number of rotatable bonds is 9. The third-order valence-electron chi connectivity index (χ3n) is 7.93. The minimum Gasteiger partial charge on any atom is -0.385 e. The fraction of sp³-hybridized carbons (Fsp3) is 0.400. The Morgan fingerprint density at radius 3 is 1.60 bits per heavy atom. The minimum atomic E-state index is -1.10. The lowest BCUT2D eigenvalue weighted by Gasteiger charge is -2.41. The van der Waals surface area contributed by atoms with Crippen molar-refractivity contribution in [3.8, 4) is 0 Å². The van der Waals surface area contributed by atoms with E-state index in [4.69, 9.17) is 0 Å². The maximum atomic E-state index is 12.0. The minimum absolute atomic E-state index is 0.111. The van der Waals surface area contributed by atoms with Crippen molar-refractivity contribution in [2.45, 2.75) is 94.1 Å². The Hall–Kier alpha value is -3.56. The Morgan fingerprint density at radius 2 is 1.12 bits per heavy atom. The highest BCUT2D eigenvalue weighted by Crippen LogP contribution is 2.44. The van der Waals surface area contributed by atoms with Gasteiger partial charge in [-0.05, 0) is 75.2 Å². The summed E-state index contributed by atoms with van der Waals surface area (Å²) in [5, 5.41) is 10.8. The first-order valence-electron chi connectivity index (χ1n) is 15.2. The largest absolute Gasteiger partial charge is 0.385 e. The van der Waals surface area contributed by atoms with Crippen LogP contribution in [-0.2, 0) is 9.59 Å². The van der Waals surface area contributed by atoms with E-state index in [0.29, 0.717) is 12.8 Å². The van der Waals surface area contributed by atoms with Gasteiger partial charge in [-0.25, -0.2) is 0 Å². The zero-order valence-corrected chi connectivity index (χ0v) is 28.0. The molecule has 0 saturated heterocycles. The second kappa shape index (κ2) is 15.3. The molecule has 0 aromatic heterocycles. The van der Waals surface area contributed by atoms with Crippen molar-refractivity contribution in [1.29, 1.82) is 0 Å². The van der Waals surface area contributed by atoms with Crippen LogP contribution in [-0.4, -0.2) is 22.3 Å². The van der Waals surface area contributed by atoms with Gasteiger partial charge in [0.2, 0.25) is 0 Å².